The largest absolute Gasteiger partial charge is 0.477 e. The lowest BCUT2D eigenvalue weighted by molar-refractivity contribution is 0.0690. The number of hydrogen-bond donors (Lipinski definition) is 1. The van der Waals surface area contributed by atoms with Crippen LogP contribution in [-0.4, -0.2) is 22.7 Å². The maximum Gasteiger partial charge on any atom is 0.354 e. The molecule has 0 saturated heterocycles. The minimum atomic E-state index is -1.09. The van der Waals surface area contributed by atoms with Gasteiger partial charge in [0.15, 0.2) is 0 Å². The smallest absolute Gasteiger partial charge is 0.354 e. The third-order valence-corrected chi connectivity index (χ3v) is 1.38. The van der Waals surface area contributed by atoms with E-state index in [4.69, 9.17) is 5.11 Å². The zero-order valence-corrected chi connectivity index (χ0v) is 6.33. The van der Waals surface area contributed by atoms with Gasteiger partial charge in [-0.1, -0.05) is 6.07 Å². The van der Waals surface area contributed by atoms with E-state index in [0.29, 0.717) is 5.69 Å². The second-order valence-electron chi connectivity index (χ2n) is 2.26. The van der Waals surface area contributed by atoms with E-state index in [9.17, 15) is 9.18 Å². The summed E-state index contributed by atoms with van der Waals surface area (Å²) in [6.07, 6.45) is 0.168. The molecule has 0 fully saturated rings. The van der Waals surface area contributed by atoms with Crippen molar-refractivity contribution in [1.29, 1.82) is 0 Å². The fourth-order valence-electron chi connectivity index (χ4n) is 0.835. The van der Waals surface area contributed by atoms with Crippen LogP contribution in [0.4, 0.5) is 4.39 Å². The molecule has 1 heterocycles. The number of aromatic nitrogens is 1. The average Bonchev–Trinajstić information content (AvgIpc) is 2.05. The van der Waals surface area contributed by atoms with Gasteiger partial charge >= 0.3 is 5.97 Å². The van der Waals surface area contributed by atoms with Gasteiger partial charge in [-0.2, -0.15) is 0 Å². The van der Waals surface area contributed by atoms with Crippen LogP contribution in [0, 0.1) is 0 Å². The molecule has 0 bridgehead atoms. The Hall–Kier alpha value is -1.45. The van der Waals surface area contributed by atoms with Gasteiger partial charge in [-0.3, -0.25) is 4.39 Å². The summed E-state index contributed by atoms with van der Waals surface area (Å²) in [5, 5.41) is 8.52. The summed E-state index contributed by atoms with van der Waals surface area (Å²) in [5.41, 5.74) is 0.429. The number of pyridine rings is 1. The maximum absolute atomic E-state index is 11.8. The number of hydrogen-bond acceptors (Lipinski definition) is 2. The van der Waals surface area contributed by atoms with Gasteiger partial charge in [0.1, 0.15) is 5.69 Å². The van der Waals surface area contributed by atoms with E-state index in [-0.39, 0.29) is 12.1 Å². The summed E-state index contributed by atoms with van der Waals surface area (Å²) in [6, 6.07) is 4.54. The van der Waals surface area contributed by atoms with E-state index < -0.39 is 12.6 Å². The molecule has 0 saturated carbocycles. The highest BCUT2D eigenvalue weighted by Crippen LogP contribution is 2.00. The summed E-state index contributed by atoms with van der Waals surface area (Å²) in [4.78, 5) is 14.1. The number of carboxylic acid groups (broad SMARTS) is 1. The molecular weight excluding hydrogens is 161 g/mol. The Morgan fingerprint density at radius 2 is 2.33 bits per heavy atom. The van der Waals surface area contributed by atoms with Crippen LogP contribution in [0.5, 0.6) is 0 Å². The Morgan fingerprint density at radius 1 is 1.58 bits per heavy atom. The number of halogens is 1. The van der Waals surface area contributed by atoms with Crippen LogP contribution in [0.15, 0.2) is 18.2 Å². The summed E-state index contributed by atoms with van der Waals surface area (Å²) < 4.78 is 11.8. The monoisotopic (exact) mass is 169 g/mol. The van der Waals surface area contributed by atoms with Gasteiger partial charge in [0.2, 0.25) is 0 Å². The average molecular weight is 169 g/mol. The Labute approximate surface area is 68.9 Å². The molecule has 3 nitrogen and oxygen atoms in total. The van der Waals surface area contributed by atoms with Crippen molar-refractivity contribution in [2.24, 2.45) is 0 Å². The lowest BCUT2D eigenvalue weighted by atomic mass is 10.2. The third-order valence-electron chi connectivity index (χ3n) is 1.38. The summed E-state index contributed by atoms with van der Waals surface area (Å²) in [7, 11) is 0. The molecule has 0 aromatic carbocycles. The number of aryl methyl sites for hydroxylation is 1. The molecule has 0 atom stereocenters. The molecule has 12 heavy (non-hydrogen) atoms. The zero-order valence-electron chi connectivity index (χ0n) is 6.33. The van der Waals surface area contributed by atoms with E-state index in [2.05, 4.69) is 4.98 Å². The Balaban J connectivity index is 2.88. The van der Waals surface area contributed by atoms with E-state index in [0.717, 1.165) is 0 Å². The van der Waals surface area contributed by atoms with Crippen LogP contribution in [0.2, 0.25) is 0 Å². The van der Waals surface area contributed by atoms with Gasteiger partial charge in [-0.25, -0.2) is 9.78 Å². The van der Waals surface area contributed by atoms with Crippen molar-refractivity contribution in [1.82, 2.24) is 4.98 Å². The van der Waals surface area contributed by atoms with Crippen LogP contribution in [-0.2, 0) is 6.42 Å². The quantitative estimate of drug-likeness (QED) is 0.741. The van der Waals surface area contributed by atoms with Crippen LogP contribution in [0.1, 0.15) is 16.2 Å². The minimum absolute atomic E-state index is 0.0408. The van der Waals surface area contributed by atoms with Crippen molar-refractivity contribution in [3.63, 3.8) is 0 Å². The van der Waals surface area contributed by atoms with Crippen LogP contribution in [0.3, 0.4) is 0 Å². The SMILES string of the molecule is O=C(O)c1cccc(CCF)n1. The molecule has 1 aromatic heterocycles. The number of nitrogens with zero attached hydrogens (tertiary/aromatic N) is 1. The van der Waals surface area contributed by atoms with Gasteiger partial charge in [0.05, 0.1) is 6.67 Å². The Bertz CT molecular complexity index is 288. The normalized spacial score (nSPS) is 9.75. The topological polar surface area (TPSA) is 50.2 Å². The number of carbonyl (C=O) groups is 1. The number of carboxylic acids is 1. The fraction of sp³-hybridized carbons (Fsp3) is 0.250. The lowest BCUT2D eigenvalue weighted by Crippen LogP contribution is -2.02. The second-order valence-corrected chi connectivity index (χ2v) is 2.26. The first kappa shape index (κ1) is 8.64. The van der Waals surface area contributed by atoms with Crippen LogP contribution in [0.25, 0.3) is 0 Å². The summed E-state index contributed by atoms with van der Waals surface area (Å²) in [5.74, 6) is -1.09. The van der Waals surface area contributed by atoms with E-state index in [1.54, 1.807) is 12.1 Å². The van der Waals surface area contributed by atoms with E-state index >= 15 is 0 Å². The number of rotatable bonds is 3. The second kappa shape index (κ2) is 3.80. The Kier molecular flexibility index (Phi) is 2.74. The van der Waals surface area contributed by atoms with Crippen molar-refractivity contribution in [3.05, 3.63) is 29.6 Å². The first-order chi connectivity index (χ1) is 5.74. The third kappa shape index (κ3) is 2.02. The predicted octanol–water partition coefficient (Wildman–Crippen LogP) is 1.29. The molecular formula is C8H8FNO2. The molecule has 1 aromatic rings. The summed E-state index contributed by atoms with van der Waals surface area (Å²) >= 11 is 0. The highest BCUT2D eigenvalue weighted by Gasteiger charge is 2.03. The molecule has 64 valence electrons. The fourth-order valence-corrected chi connectivity index (χ4v) is 0.835. The van der Waals surface area contributed by atoms with E-state index in [1.807, 2.05) is 0 Å². The molecule has 1 N–H and O–H groups in total. The molecule has 0 aliphatic heterocycles. The standard InChI is InChI=1S/C8H8FNO2/c9-5-4-6-2-1-3-7(10-6)8(11)12/h1-3H,4-5H2,(H,11,12). The van der Waals surface area contributed by atoms with Crippen LogP contribution < -0.4 is 0 Å². The predicted molar refractivity (Wildman–Crippen MR) is 40.9 cm³/mol. The van der Waals surface area contributed by atoms with Crippen molar-refractivity contribution in [3.8, 4) is 0 Å². The van der Waals surface area contributed by atoms with Gasteiger partial charge < -0.3 is 5.11 Å². The maximum atomic E-state index is 11.8. The minimum Gasteiger partial charge on any atom is -0.477 e. The first-order valence-corrected chi connectivity index (χ1v) is 3.49. The van der Waals surface area contributed by atoms with Crippen molar-refractivity contribution < 1.29 is 14.3 Å². The number of aromatic carboxylic acids is 1. The first-order valence-electron chi connectivity index (χ1n) is 3.49. The highest BCUT2D eigenvalue weighted by atomic mass is 19.1. The number of alkyl halides is 1. The van der Waals surface area contributed by atoms with Gasteiger partial charge in [0.25, 0.3) is 0 Å². The van der Waals surface area contributed by atoms with Crippen LogP contribution >= 0.6 is 0 Å². The van der Waals surface area contributed by atoms with Gasteiger partial charge in [0, 0.05) is 12.1 Å². The zero-order chi connectivity index (χ0) is 8.97. The molecule has 1 rings (SSSR count). The van der Waals surface area contributed by atoms with Crippen molar-refractivity contribution in [2.45, 2.75) is 6.42 Å². The molecule has 0 aliphatic rings. The molecule has 4 heteroatoms. The molecule has 0 spiro atoms. The highest BCUT2D eigenvalue weighted by molar-refractivity contribution is 5.85. The van der Waals surface area contributed by atoms with E-state index in [1.165, 1.54) is 6.07 Å². The van der Waals surface area contributed by atoms with Gasteiger partial charge in [-0.05, 0) is 12.1 Å². The lowest BCUT2D eigenvalue weighted by Gasteiger charge is -1.97. The molecule has 0 amide bonds. The Morgan fingerprint density at radius 3 is 2.92 bits per heavy atom. The van der Waals surface area contributed by atoms with Crippen molar-refractivity contribution in [2.75, 3.05) is 6.67 Å². The van der Waals surface area contributed by atoms with Gasteiger partial charge in [-0.15, -0.1) is 0 Å². The summed E-state index contributed by atoms with van der Waals surface area (Å²) in [6.45, 7) is -0.518. The molecule has 0 radical (unpaired) electrons. The molecule has 0 unspecified atom stereocenters. The van der Waals surface area contributed by atoms with Crippen molar-refractivity contribution >= 4 is 5.97 Å². The molecule has 0 aliphatic carbocycles.